The van der Waals surface area contributed by atoms with Gasteiger partial charge in [-0.15, -0.1) is 0 Å². The highest BCUT2D eigenvalue weighted by Crippen LogP contribution is 2.25. The minimum absolute atomic E-state index is 0.187. The van der Waals surface area contributed by atoms with E-state index in [0.29, 0.717) is 42.0 Å². The Morgan fingerprint density at radius 2 is 1.47 bits per heavy atom. The maximum absolute atomic E-state index is 15.1. The minimum Gasteiger partial charge on any atom is -0.486 e. The van der Waals surface area contributed by atoms with Crippen LogP contribution in [0.5, 0.6) is 5.75 Å². The fourth-order valence-electron chi connectivity index (χ4n) is 3.72. The Bertz CT molecular complexity index is 1300. The van der Waals surface area contributed by atoms with Crippen molar-refractivity contribution in [2.45, 2.75) is 25.7 Å². The molecule has 3 nitrogen and oxygen atoms in total. The van der Waals surface area contributed by atoms with Crippen LogP contribution in [0.25, 0.3) is 10.8 Å². The van der Waals surface area contributed by atoms with Gasteiger partial charge in [0.2, 0.25) is 0 Å². The molecule has 7 heteroatoms. The van der Waals surface area contributed by atoms with Crippen molar-refractivity contribution in [1.82, 2.24) is 9.97 Å². The van der Waals surface area contributed by atoms with Crippen LogP contribution < -0.4 is 4.74 Å². The fourth-order valence-corrected chi connectivity index (χ4v) is 3.72. The summed E-state index contributed by atoms with van der Waals surface area (Å²) < 4.78 is 60.4. The first kappa shape index (κ1) is 23.4. The van der Waals surface area contributed by atoms with Crippen molar-refractivity contribution in [2.24, 2.45) is 0 Å². The molecule has 0 N–H and O–H groups in total. The van der Waals surface area contributed by atoms with Gasteiger partial charge in [0.05, 0.1) is 12.4 Å². The quantitative estimate of drug-likeness (QED) is 0.164. The number of benzene rings is 3. The zero-order chi connectivity index (χ0) is 24.1. The predicted molar refractivity (Wildman–Crippen MR) is 123 cm³/mol. The van der Waals surface area contributed by atoms with Gasteiger partial charge in [0.15, 0.2) is 23.2 Å². The first-order valence-corrected chi connectivity index (χ1v) is 10.8. The van der Waals surface area contributed by atoms with E-state index < -0.39 is 17.5 Å². The molecule has 0 aliphatic heterocycles. The number of halogens is 4. The normalized spacial score (nSPS) is 11.1. The van der Waals surface area contributed by atoms with Crippen LogP contribution in [-0.4, -0.2) is 16.6 Å². The summed E-state index contributed by atoms with van der Waals surface area (Å²) in [6.07, 6.45) is 6.62. The van der Waals surface area contributed by atoms with Gasteiger partial charge in [0, 0.05) is 11.8 Å². The number of aromatic nitrogens is 2. The van der Waals surface area contributed by atoms with Gasteiger partial charge in [-0.3, -0.25) is 0 Å². The molecule has 0 aliphatic rings. The summed E-state index contributed by atoms with van der Waals surface area (Å²) in [7, 11) is 0. The highest BCUT2D eigenvalue weighted by molar-refractivity contribution is 5.84. The second-order valence-electron chi connectivity index (χ2n) is 7.90. The number of ether oxygens (including phenoxy) is 1. The van der Waals surface area contributed by atoms with Crippen molar-refractivity contribution < 1.29 is 22.3 Å². The lowest BCUT2D eigenvalue weighted by Gasteiger charge is -2.09. The summed E-state index contributed by atoms with van der Waals surface area (Å²) in [5.74, 6) is -3.10. The van der Waals surface area contributed by atoms with Gasteiger partial charge >= 0.3 is 0 Å². The van der Waals surface area contributed by atoms with Crippen LogP contribution in [0.2, 0.25) is 0 Å². The van der Waals surface area contributed by atoms with E-state index >= 15 is 4.39 Å². The van der Waals surface area contributed by atoms with Gasteiger partial charge in [0.25, 0.3) is 0 Å². The molecule has 0 fully saturated rings. The second-order valence-corrected chi connectivity index (χ2v) is 7.90. The van der Waals surface area contributed by atoms with Gasteiger partial charge in [0.1, 0.15) is 18.2 Å². The second kappa shape index (κ2) is 10.5. The van der Waals surface area contributed by atoms with E-state index in [9.17, 15) is 13.2 Å². The van der Waals surface area contributed by atoms with Gasteiger partial charge in [-0.2, -0.15) is 0 Å². The number of aryl methyl sites for hydroxylation is 4. The fraction of sp³-hybridized carbons (Fsp3) is 0.185. The molecule has 4 rings (SSSR count). The summed E-state index contributed by atoms with van der Waals surface area (Å²) in [6, 6.07) is 10.9. The van der Waals surface area contributed by atoms with E-state index in [1.54, 1.807) is 30.6 Å². The van der Waals surface area contributed by atoms with Crippen molar-refractivity contribution >= 4 is 10.8 Å². The van der Waals surface area contributed by atoms with Crippen molar-refractivity contribution in [2.75, 3.05) is 6.61 Å². The van der Waals surface area contributed by atoms with Gasteiger partial charge in [-0.25, -0.2) is 27.5 Å². The van der Waals surface area contributed by atoms with Crippen LogP contribution in [0.15, 0.2) is 67.5 Å². The van der Waals surface area contributed by atoms with E-state index in [4.69, 9.17) is 4.74 Å². The van der Waals surface area contributed by atoms with Crippen molar-refractivity contribution in [3.05, 3.63) is 113 Å². The largest absolute Gasteiger partial charge is 0.486 e. The first-order valence-electron chi connectivity index (χ1n) is 10.8. The summed E-state index contributed by atoms with van der Waals surface area (Å²) in [6.45, 7) is 3.98. The lowest BCUT2D eigenvalue weighted by Crippen LogP contribution is -2.01. The van der Waals surface area contributed by atoms with Crippen LogP contribution in [0.4, 0.5) is 17.6 Å². The lowest BCUT2D eigenvalue weighted by molar-refractivity contribution is 0.359. The van der Waals surface area contributed by atoms with Crippen LogP contribution in [0.3, 0.4) is 0 Å². The molecule has 0 radical (unpaired) electrons. The Kier molecular flexibility index (Phi) is 7.21. The molecule has 1 heterocycles. The smallest absolute Gasteiger partial charge is 0.194 e. The zero-order valence-electron chi connectivity index (χ0n) is 18.3. The third-order valence-corrected chi connectivity index (χ3v) is 5.51. The molecule has 174 valence electrons. The Hall–Kier alpha value is -3.74. The molecule has 3 aromatic carbocycles. The Labute approximate surface area is 194 Å². The SMILES string of the molecule is C=CCOc1cnc(CCc2ccc3c(F)c(CCc4cc(F)c(F)c(F)c4)ccc3c2)nc1. The van der Waals surface area contributed by atoms with Gasteiger partial charge in [-0.1, -0.05) is 43.0 Å². The molecule has 0 saturated heterocycles. The number of nitrogens with zero attached hydrogens (tertiary/aromatic N) is 2. The molecular formula is C27H22F4N2O. The standard InChI is InChI=1S/C27H22F4N2O/c1-2-11-34-21-15-32-25(33-16-21)10-5-17-4-9-22-20(12-17)8-7-19(26(22)30)6-3-18-13-23(28)27(31)24(29)14-18/h2,4,7-9,12-16H,1,3,5-6,10-11H2. The first-order chi connectivity index (χ1) is 16.4. The Morgan fingerprint density at radius 3 is 2.18 bits per heavy atom. The van der Waals surface area contributed by atoms with E-state index in [1.165, 1.54) is 0 Å². The molecule has 1 aromatic heterocycles. The molecule has 0 amide bonds. The zero-order valence-corrected chi connectivity index (χ0v) is 18.3. The molecule has 0 bridgehead atoms. The molecule has 4 aromatic rings. The Balaban J connectivity index is 1.42. The minimum atomic E-state index is -1.50. The highest BCUT2D eigenvalue weighted by Gasteiger charge is 2.13. The molecule has 0 spiro atoms. The summed E-state index contributed by atoms with van der Waals surface area (Å²) >= 11 is 0. The van der Waals surface area contributed by atoms with E-state index in [-0.39, 0.29) is 24.2 Å². The molecular weight excluding hydrogens is 444 g/mol. The summed E-state index contributed by atoms with van der Waals surface area (Å²) in [4.78, 5) is 8.60. The third-order valence-electron chi connectivity index (χ3n) is 5.51. The van der Waals surface area contributed by atoms with Crippen molar-refractivity contribution in [3.63, 3.8) is 0 Å². The number of rotatable bonds is 9. The number of hydrogen-bond donors (Lipinski definition) is 0. The third kappa shape index (κ3) is 5.42. The van der Waals surface area contributed by atoms with Gasteiger partial charge < -0.3 is 4.74 Å². The van der Waals surface area contributed by atoms with Crippen LogP contribution in [-0.2, 0) is 25.7 Å². The summed E-state index contributed by atoms with van der Waals surface area (Å²) in [5.41, 5.74) is 1.72. The predicted octanol–water partition coefficient (Wildman–Crippen LogP) is 6.32. The Morgan fingerprint density at radius 1 is 0.765 bits per heavy atom. The van der Waals surface area contributed by atoms with Gasteiger partial charge in [-0.05, 0) is 53.5 Å². The lowest BCUT2D eigenvalue weighted by atomic mass is 9.98. The molecule has 0 unspecified atom stereocenters. The van der Waals surface area contributed by atoms with Crippen LogP contribution in [0, 0.1) is 23.3 Å². The van der Waals surface area contributed by atoms with Crippen LogP contribution in [0.1, 0.15) is 22.5 Å². The molecule has 0 saturated carbocycles. The average Bonchev–Trinajstić information content (AvgIpc) is 2.85. The topological polar surface area (TPSA) is 35.0 Å². The highest BCUT2D eigenvalue weighted by atomic mass is 19.2. The van der Waals surface area contributed by atoms with Crippen molar-refractivity contribution in [1.29, 1.82) is 0 Å². The van der Waals surface area contributed by atoms with Crippen molar-refractivity contribution in [3.8, 4) is 5.75 Å². The number of fused-ring (bicyclic) bond motifs is 1. The summed E-state index contributed by atoms with van der Waals surface area (Å²) in [5, 5.41) is 1.23. The monoisotopic (exact) mass is 466 g/mol. The molecule has 0 aliphatic carbocycles. The maximum Gasteiger partial charge on any atom is 0.194 e. The van der Waals surface area contributed by atoms with Crippen LogP contribution >= 0.6 is 0 Å². The van der Waals surface area contributed by atoms with E-state index in [0.717, 1.165) is 23.1 Å². The molecule has 34 heavy (non-hydrogen) atoms. The van der Waals surface area contributed by atoms with E-state index in [1.807, 2.05) is 18.2 Å². The van der Waals surface area contributed by atoms with E-state index in [2.05, 4.69) is 16.5 Å². The number of hydrogen-bond acceptors (Lipinski definition) is 3. The average molecular weight is 466 g/mol. The molecule has 0 atom stereocenters. The maximum atomic E-state index is 15.1.